The molecule has 3 atom stereocenters. The van der Waals surface area contributed by atoms with Crippen molar-refractivity contribution in [2.75, 3.05) is 13.2 Å². The van der Waals surface area contributed by atoms with Gasteiger partial charge in [0.15, 0.2) is 0 Å². The first-order chi connectivity index (χ1) is 15.3. The number of fused-ring (bicyclic) bond motifs is 1. The highest BCUT2D eigenvalue weighted by atomic mass is 16.5. The molecular weight excluding hydrogens is 408 g/mol. The zero-order chi connectivity index (χ0) is 23.5. The fourth-order valence-electron chi connectivity index (χ4n) is 3.38. The number of aliphatic hydroxyl groups is 1. The molecule has 2 aliphatic rings. The first-order valence-corrected chi connectivity index (χ1v) is 11.1. The van der Waals surface area contributed by atoms with Crippen LogP contribution >= 0.6 is 0 Å². The van der Waals surface area contributed by atoms with Gasteiger partial charge in [0, 0.05) is 11.5 Å². The van der Waals surface area contributed by atoms with Crippen molar-refractivity contribution in [2.45, 2.75) is 58.7 Å². The Hall–Kier alpha value is -2.86. The number of hydrogen-bond acceptors (Lipinski definition) is 6. The van der Waals surface area contributed by atoms with Crippen LogP contribution in [0.3, 0.4) is 0 Å². The number of allylic oxidation sites excluding steroid dienone is 4. The van der Waals surface area contributed by atoms with Crippen molar-refractivity contribution in [3.8, 4) is 0 Å². The Morgan fingerprint density at radius 2 is 2.12 bits per heavy atom. The topological polar surface area (TPSA) is 82.1 Å². The molecular formula is C26H34O6. The molecule has 1 heterocycles. The van der Waals surface area contributed by atoms with Gasteiger partial charge >= 0.3 is 11.9 Å². The van der Waals surface area contributed by atoms with Crippen molar-refractivity contribution < 1.29 is 28.9 Å². The molecule has 0 aromatic rings. The molecule has 1 aliphatic heterocycles. The van der Waals surface area contributed by atoms with Crippen molar-refractivity contribution in [1.29, 1.82) is 0 Å². The lowest BCUT2D eigenvalue weighted by atomic mass is 9.89. The van der Waals surface area contributed by atoms with E-state index in [4.69, 9.17) is 14.2 Å². The summed E-state index contributed by atoms with van der Waals surface area (Å²) in [4.78, 5) is 23.8. The number of unbranched alkanes of at least 4 members (excludes halogenated alkanes) is 1. The maximum atomic E-state index is 12.5. The van der Waals surface area contributed by atoms with Gasteiger partial charge in [0.1, 0.15) is 18.5 Å². The van der Waals surface area contributed by atoms with Gasteiger partial charge in [-0.05, 0) is 57.3 Å². The molecule has 0 saturated carbocycles. The summed E-state index contributed by atoms with van der Waals surface area (Å²) in [6.07, 6.45) is 15.0. The van der Waals surface area contributed by atoms with Crippen molar-refractivity contribution in [2.24, 2.45) is 5.92 Å². The Labute approximate surface area is 190 Å². The third-order valence-corrected chi connectivity index (χ3v) is 5.05. The highest BCUT2D eigenvalue weighted by Gasteiger charge is 2.31. The van der Waals surface area contributed by atoms with Gasteiger partial charge in [0.2, 0.25) is 0 Å². The van der Waals surface area contributed by atoms with E-state index in [1.807, 2.05) is 50.3 Å². The highest BCUT2D eigenvalue weighted by molar-refractivity contribution is 5.95. The second-order valence-corrected chi connectivity index (χ2v) is 7.90. The van der Waals surface area contributed by atoms with Crippen LogP contribution in [0.15, 0.2) is 71.6 Å². The second kappa shape index (κ2) is 12.9. The number of ether oxygens (including phenoxy) is 3. The minimum Gasteiger partial charge on any atom is -0.491 e. The van der Waals surface area contributed by atoms with Gasteiger partial charge in [-0.25, -0.2) is 9.59 Å². The fraction of sp³-hybridized carbons (Fsp3) is 0.462. The average molecular weight is 443 g/mol. The molecule has 0 spiro atoms. The lowest BCUT2D eigenvalue weighted by Crippen LogP contribution is -2.31. The number of aliphatic hydroxyl groups excluding tert-OH is 1. The normalized spacial score (nSPS) is 21.4. The van der Waals surface area contributed by atoms with Crippen LogP contribution in [0.1, 0.15) is 46.5 Å². The minimum absolute atomic E-state index is 0.0487. The number of rotatable bonds is 12. The SMILES string of the molecule is C=C(C)C(=O)OCCCCC(O)COC1=CC2OC(=O)C(C(/C=C\C)=C/CC)=CC2C=C1. The Bertz CT molecular complexity index is 842. The van der Waals surface area contributed by atoms with Crippen molar-refractivity contribution in [1.82, 2.24) is 0 Å². The highest BCUT2D eigenvalue weighted by Crippen LogP contribution is 2.31. The molecule has 0 fully saturated rings. The summed E-state index contributed by atoms with van der Waals surface area (Å²) in [5, 5.41) is 10.1. The van der Waals surface area contributed by atoms with Gasteiger partial charge in [0.05, 0.1) is 18.3 Å². The summed E-state index contributed by atoms with van der Waals surface area (Å²) in [6.45, 7) is 9.52. The summed E-state index contributed by atoms with van der Waals surface area (Å²) in [7, 11) is 0. The Balaban J connectivity index is 1.81. The molecule has 0 amide bonds. The third kappa shape index (κ3) is 7.68. The first kappa shape index (κ1) is 25.4. The van der Waals surface area contributed by atoms with E-state index in [0.29, 0.717) is 42.8 Å². The summed E-state index contributed by atoms with van der Waals surface area (Å²) >= 11 is 0. The molecule has 174 valence electrons. The van der Waals surface area contributed by atoms with E-state index in [9.17, 15) is 14.7 Å². The lowest BCUT2D eigenvalue weighted by Gasteiger charge is -2.29. The molecule has 0 saturated heterocycles. The van der Waals surface area contributed by atoms with Crippen molar-refractivity contribution in [3.05, 3.63) is 71.6 Å². The Morgan fingerprint density at radius 3 is 2.81 bits per heavy atom. The van der Waals surface area contributed by atoms with Crippen LogP contribution in [0.4, 0.5) is 0 Å². The van der Waals surface area contributed by atoms with Crippen molar-refractivity contribution in [3.63, 3.8) is 0 Å². The van der Waals surface area contributed by atoms with E-state index in [-0.39, 0.29) is 18.5 Å². The fourth-order valence-corrected chi connectivity index (χ4v) is 3.38. The third-order valence-electron chi connectivity index (χ3n) is 5.05. The molecule has 0 bridgehead atoms. The zero-order valence-electron chi connectivity index (χ0n) is 19.2. The van der Waals surface area contributed by atoms with E-state index in [0.717, 1.165) is 12.0 Å². The van der Waals surface area contributed by atoms with E-state index >= 15 is 0 Å². The molecule has 1 aliphatic carbocycles. The van der Waals surface area contributed by atoms with Crippen LogP contribution in [-0.2, 0) is 23.8 Å². The monoisotopic (exact) mass is 442 g/mol. The van der Waals surface area contributed by atoms with E-state index in [1.54, 1.807) is 13.0 Å². The molecule has 0 aromatic carbocycles. The van der Waals surface area contributed by atoms with Gasteiger partial charge in [-0.3, -0.25) is 0 Å². The van der Waals surface area contributed by atoms with Gasteiger partial charge in [-0.2, -0.15) is 0 Å². The predicted octanol–water partition coefficient (Wildman–Crippen LogP) is 4.49. The van der Waals surface area contributed by atoms with E-state index in [1.165, 1.54) is 0 Å². The van der Waals surface area contributed by atoms with Crippen LogP contribution in [0.25, 0.3) is 0 Å². The predicted molar refractivity (Wildman–Crippen MR) is 123 cm³/mol. The van der Waals surface area contributed by atoms with Gasteiger partial charge in [-0.1, -0.05) is 43.9 Å². The summed E-state index contributed by atoms with van der Waals surface area (Å²) < 4.78 is 16.4. The molecule has 1 N–H and O–H groups in total. The summed E-state index contributed by atoms with van der Waals surface area (Å²) in [5.41, 5.74) is 1.83. The molecule has 6 nitrogen and oxygen atoms in total. The molecule has 0 aromatic heterocycles. The lowest BCUT2D eigenvalue weighted by molar-refractivity contribution is -0.144. The van der Waals surface area contributed by atoms with Gasteiger partial charge < -0.3 is 19.3 Å². The molecule has 0 radical (unpaired) electrons. The van der Waals surface area contributed by atoms with Crippen LogP contribution in [0, 0.1) is 5.92 Å². The summed E-state index contributed by atoms with van der Waals surface area (Å²) in [5.74, 6) is -0.217. The largest absolute Gasteiger partial charge is 0.491 e. The Kier molecular flexibility index (Phi) is 10.2. The van der Waals surface area contributed by atoms with Crippen LogP contribution < -0.4 is 0 Å². The van der Waals surface area contributed by atoms with Gasteiger partial charge in [-0.15, -0.1) is 0 Å². The molecule has 3 unspecified atom stereocenters. The quantitative estimate of drug-likeness (QED) is 0.208. The first-order valence-electron chi connectivity index (χ1n) is 11.1. The standard InChI is InChI=1S/C26H34O6/c1-5-9-19(10-6-2)23-15-20-12-13-22(16-24(20)32-26(23)29)31-17-21(27)11-7-8-14-30-25(28)18(3)4/h5,9-10,12-13,15-16,20-21,24,27H,3,6-8,11,14,17H2,1-2,4H3/b9-5-,19-10+. The van der Waals surface area contributed by atoms with Crippen LogP contribution in [-0.4, -0.2) is 42.5 Å². The van der Waals surface area contributed by atoms with E-state index in [2.05, 4.69) is 6.58 Å². The van der Waals surface area contributed by atoms with E-state index < -0.39 is 18.2 Å². The smallest absolute Gasteiger partial charge is 0.339 e. The number of carbonyl (C=O) groups is 2. The van der Waals surface area contributed by atoms with Gasteiger partial charge in [0.25, 0.3) is 0 Å². The Morgan fingerprint density at radius 1 is 1.34 bits per heavy atom. The maximum Gasteiger partial charge on any atom is 0.339 e. The summed E-state index contributed by atoms with van der Waals surface area (Å²) in [6, 6.07) is 0. The number of hydrogen-bond donors (Lipinski definition) is 1. The number of esters is 2. The molecule has 6 heteroatoms. The number of carbonyl (C=O) groups excluding carboxylic acids is 2. The second-order valence-electron chi connectivity index (χ2n) is 7.90. The molecule has 2 rings (SSSR count). The maximum absolute atomic E-state index is 12.5. The van der Waals surface area contributed by atoms with Crippen molar-refractivity contribution >= 4 is 11.9 Å². The minimum atomic E-state index is -0.637. The van der Waals surface area contributed by atoms with Crippen LogP contribution in [0.5, 0.6) is 0 Å². The molecule has 32 heavy (non-hydrogen) atoms. The average Bonchev–Trinajstić information content (AvgIpc) is 2.76. The van der Waals surface area contributed by atoms with Crippen LogP contribution in [0.2, 0.25) is 0 Å². The zero-order valence-corrected chi connectivity index (χ0v) is 19.2.